The van der Waals surface area contributed by atoms with Crippen molar-refractivity contribution in [2.45, 2.75) is 38.6 Å². The van der Waals surface area contributed by atoms with E-state index in [1.807, 2.05) is 0 Å². The first kappa shape index (κ1) is 12.4. The molecule has 0 aromatic heterocycles. The van der Waals surface area contributed by atoms with Crippen molar-refractivity contribution in [3.63, 3.8) is 0 Å². The van der Waals surface area contributed by atoms with Crippen molar-refractivity contribution < 1.29 is 0 Å². The molecule has 17 heavy (non-hydrogen) atoms. The van der Waals surface area contributed by atoms with Crippen LogP contribution >= 0.6 is 0 Å². The molecule has 1 aliphatic rings. The lowest BCUT2D eigenvalue weighted by Gasteiger charge is -2.33. The second kappa shape index (κ2) is 5.54. The minimum absolute atomic E-state index is 0.616. The summed E-state index contributed by atoms with van der Waals surface area (Å²) in [5.74, 6) is 0.616. The summed E-state index contributed by atoms with van der Waals surface area (Å²) in [7, 11) is 2.07. The van der Waals surface area contributed by atoms with Crippen LogP contribution in [0.25, 0.3) is 0 Å². The van der Waals surface area contributed by atoms with Gasteiger partial charge in [0, 0.05) is 24.8 Å². The lowest BCUT2D eigenvalue weighted by atomic mass is 10.0. The highest BCUT2D eigenvalue weighted by atomic mass is 15.1. The van der Waals surface area contributed by atoms with Gasteiger partial charge < -0.3 is 10.2 Å². The Morgan fingerprint density at radius 2 is 1.94 bits per heavy atom. The van der Waals surface area contributed by atoms with E-state index in [0.717, 1.165) is 0 Å². The summed E-state index contributed by atoms with van der Waals surface area (Å²) in [6.45, 7) is 6.86. The van der Waals surface area contributed by atoms with Crippen LogP contribution in [0.4, 0.5) is 5.69 Å². The number of rotatable bonds is 3. The Hall–Kier alpha value is -1.02. The van der Waals surface area contributed by atoms with Gasteiger partial charge in [-0.25, -0.2) is 0 Å². The van der Waals surface area contributed by atoms with E-state index in [2.05, 4.69) is 55.4 Å². The lowest BCUT2D eigenvalue weighted by Crippen LogP contribution is -2.41. The van der Waals surface area contributed by atoms with Crippen LogP contribution in [0, 0.1) is 0 Å². The van der Waals surface area contributed by atoms with Gasteiger partial charge in [0.1, 0.15) is 0 Å². The number of anilines is 1. The average molecular weight is 232 g/mol. The molecule has 2 rings (SSSR count). The zero-order valence-corrected chi connectivity index (χ0v) is 11.2. The Morgan fingerprint density at radius 3 is 2.53 bits per heavy atom. The van der Waals surface area contributed by atoms with Crippen molar-refractivity contribution in [1.29, 1.82) is 0 Å². The fourth-order valence-electron chi connectivity index (χ4n) is 2.51. The number of nitrogens with zero attached hydrogens (tertiary/aromatic N) is 1. The molecule has 0 spiro atoms. The van der Waals surface area contributed by atoms with E-state index in [0.29, 0.717) is 12.0 Å². The first-order chi connectivity index (χ1) is 8.20. The maximum absolute atomic E-state index is 3.38. The smallest absolute Gasteiger partial charge is 0.0369 e. The predicted molar refractivity (Wildman–Crippen MR) is 74.8 cm³/mol. The molecule has 0 amide bonds. The highest BCUT2D eigenvalue weighted by Gasteiger charge is 2.18. The van der Waals surface area contributed by atoms with Crippen molar-refractivity contribution in [2.75, 3.05) is 25.0 Å². The van der Waals surface area contributed by atoms with Crippen LogP contribution < -0.4 is 10.2 Å². The highest BCUT2D eigenvalue weighted by molar-refractivity contribution is 5.49. The minimum atomic E-state index is 0.616. The number of hydrogen-bond donors (Lipinski definition) is 1. The van der Waals surface area contributed by atoms with Gasteiger partial charge in [0.05, 0.1) is 0 Å². The largest absolute Gasteiger partial charge is 0.371 e. The normalized spacial score (nSPS) is 17.8. The summed E-state index contributed by atoms with van der Waals surface area (Å²) in [6, 6.07) is 9.72. The molecule has 0 radical (unpaired) electrons. The lowest BCUT2D eigenvalue weighted by molar-refractivity contribution is 0.442. The van der Waals surface area contributed by atoms with Crippen LogP contribution in [-0.2, 0) is 0 Å². The SMILES string of the molecule is CNC1CCN(c2cccc(C(C)C)c2)CC1. The van der Waals surface area contributed by atoms with Gasteiger partial charge in [-0.15, -0.1) is 0 Å². The molecule has 1 heterocycles. The van der Waals surface area contributed by atoms with Crippen molar-refractivity contribution in [1.82, 2.24) is 5.32 Å². The summed E-state index contributed by atoms with van der Waals surface area (Å²) in [6.07, 6.45) is 2.50. The molecule has 0 saturated carbocycles. The van der Waals surface area contributed by atoms with Crippen LogP contribution in [-0.4, -0.2) is 26.2 Å². The van der Waals surface area contributed by atoms with Crippen molar-refractivity contribution in [2.24, 2.45) is 0 Å². The summed E-state index contributed by atoms with van der Waals surface area (Å²) < 4.78 is 0. The molecule has 2 heteroatoms. The molecule has 1 fully saturated rings. The van der Waals surface area contributed by atoms with Gasteiger partial charge >= 0.3 is 0 Å². The third kappa shape index (κ3) is 3.01. The van der Waals surface area contributed by atoms with Crippen molar-refractivity contribution in [3.05, 3.63) is 29.8 Å². The standard InChI is InChI=1S/C15H24N2/c1-12(2)13-5-4-6-15(11-13)17-9-7-14(16-3)8-10-17/h4-6,11-12,14,16H,7-10H2,1-3H3. The van der Waals surface area contributed by atoms with Crippen LogP contribution in [0.15, 0.2) is 24.3 Å². The molecule has 1 N–H and O–H groups in total. The van der Waals surface area contributed by atoms with Gasteiger partial charge in [0.2, 0.25) is 0 Å². The van der Waals surface area contributed by atoms with E-state index in [-0.39, 0.29) is 0 Å². The molecular weight excluding hydrogens is 208 g/mol. The first-order valence-electron chi connectivity index (χ1n) is 6.73. The van der Waals surface area contributed by atoms with Gasteiger partial charge in [-0.1, -0.05) is 26.0 Å². The third-order valence-corrected chi connectivity index (χ3v) is 3.81. The van der Waals surface area contributed by atoms with E-state index in [1.54, 1.807) is 0 Å². The van der Waals surface area contributed by atoms with Gasteiger partial charge in [-0.05, 0) is 43.5 Å². The van der Waals surface area contributed by atoms with E-state index < -0.39 is 0 Å². The Balaban J connectivity index is 2.05. The summed E-state index contributed by atoms with van der Waals surface area (Å²) >= 11 is 0. The van der Waals surface area contributed by atoms with E-state index in [4.69, 9.17) is 0 Å². The van der Waals surface area contributed by atoms with Crippen LogP contribution in [0.5, 0.6) is 0 Å². The second-order valence-electron chi connectivity index (χ2n) is 5.30. The van der Waals surface area contributed by atoms with Gasteiger partial charge in [-0.2, -0.15) is 0 Å². The zero-order chi connectivity index (χ0) is 12.3. The Bertz CT molecular complexity index is 352. The molecule has 94 valence electrons. The summed E-state index contributed by atoms with van der Waals surface area (Å²) in [5.41, 5.74) is 2.84. The predicted octanol–water partition coefficient (Wildman–Crippen LogP) is 3.00. The number of hydrogen-bond acceptors (Lipinski definition) is 2. The molecule has 0 atom stereocenters. The Kier molecular flexibility index (Phi) is 4.06. The maximum Gasteiger partial charge on any atom is 0.0369 e. The Labute approximate surface area is 105 Å². The summed E-state index contributed by atoms with van der Waals surface area (Å²) in [4.78, 5) is 2.51. The highest BCUT2D eigenvalue weighted by Crippen LogP contribution is 2.24. The molecule has 1 aliphatic heterocycles. The number of benzene rings is 1. The van der Waals surface area contributed by atoms with Crippen LogP contribution in [0.2, 0.25) is 0 Å². The minimum Gasteiger partial charge on any atom is -0.371 e. The monoisotopic (exact) mass is 232 g/mol. The molecular formula is C15H24N2. The van der Waals surface area contributed by atoms with Gasteiger partial charge in [-0.3, -0.25) is 0 Å². The molecule has 1 saturated heterocycles. The molecule has 0 bridgehead atoms. The zero-order valence-electron chi connectivity index (χ0n) is 11.2. The van der Waals surface area contributed by atoms with Gasteiger partial charge in [0.15, 0.2) is 0 Å². The first-order valence-corrected chi connectivity index (χ1v) is 6.73. The van der Waals surface area contributed by atoms with Crippen molar-refractivity contribution >= 4 is 5.69 Å². The van der Waals surface area contributed by atoms with E-state index >= 15 is 0 Å². The molecule has 0 aliphatic carbocycles. The summed E-state index contributed by atoms with van der Waals surface area (Å²) in [5, 5.41) is 3.38. The fraction of sp³-hybridized carbons (Fsp3) is 0.600. The molecule has 2 nitrogen and oxygen atoms in total. The van der Waals surface area contributed by atoms with Crippen LogP contribution in [0.3, 0.4) is 0 Å². The quantitative estimate of drug-likeness (QED) is 0.862. The Morgan fingerprint density at radius 1 is 1.24 bits per heavy atom. The van der Waals surface area contributed by atoms with Crippen molar-refractivity contribution in [3.8, 4) is 0 Å². The molecule has 0 unspecified atom stereocenters. The topological polar surface area (TPSA) is 15.3 Å². The maximum atomic E-state index is 3.38. The molecule has 1 aromatic carbocycles. The van der Waals surface area contributed by atoms with E-state index in [1.165, 1.54) is 37.2 Å². The number of nitrogens with one attached hydrogen (secondary N) is 1. The number of piperidine rings is 1. The van der Waals surface area contributed by atoms with Gasteiger partial charge in [0.25, 0.3) is 0 Å². The van der Waals surface area contributed by atoms with Crippen LogP contribution in [0.1, 0.15) is 38.2 Å². The second-order valence-corrected chi connectivity index (χ2v) is 5.30. The third-order valence-electron chi connectivity index (χ3n) is 3.81. The fourth-order valence-corrected chi connectivity index (χ4v) is 2.51. The molecule has 1 aromatic rings. The average Bonchev–Trinajstić information content (AvgIpc) is 2.39. The van der Waals surface area contributed by atoms with E-state index in [9.17, 15) is 0 Å².